The maximum Gasteiger partial charge on any atom is 0.129 e. The van der Waals surface area contributed by atoms with Crippen molar-refractivity contribution >= 4 is 11.6 Å². The molecule has 0 saturated carbocycles. The second-order valence-electron chi connectivity index (χ2n) is 3.77. The lowest BCUT2D eigenvalue weighted by Crippen LogP contribution is -1.92. The van der Waals surface area contributed by atoms with Crippen LogP contribution >= 0.6 is 0 Å². The molecule has 0 aromatic carbocycles. The van der Waals surface area contributed by atoms with E-state index < -0.39 is 0 Å². The van der Waals surface area contributed by atoms with Gasteiger partial charge in [0.25, 0.3) is 0 Å². The molecule has 4 nitrogen and oxygen atoms in total. The molecule has 0 heterocycles. The normalized spacial score (nSPS) is 9.25. The minimum Gasteiger partial charge on any atom is -0.396 e. The molecule has 0 aliphatic rings. The molecule has 2 N–H and O–H groups in total. The summed E-state index contributed by atoms with van der Waals surface area (Å²) in [6.45, 7) is 3.39. The molecule has 0 radical (unpaired) electrons. The van der Waals surface area contributed by atoms with Gasteiger partial charge in [0.15, 0.2) is 0 Å². The van der Waals surface area contributed by atoms with Crippen LogP contribution in [0.15, 0.2) is 0 Å². The maximum absolute atomic E-state index is 10.5. The van der Waals surface area contributed by atoms with Gasteiger partial charge in [0.1, 0.15) is 11.6 Å². The third-order valence-electron chi connectivity index (χ3n) is 1.87. The average molecular weight is 232 g/mol. The maximum atomic E-state index is 10.5. The predicted octanol–water partition coefficient (Wildman–Crippen LogP) is 1.48. The first-order valence-corrected chi connectivity index (χ1v) is 5.75. The van der Waals surface area contributed by atoms with Crippen LogP contribution in [0.1, 0.15) is 52.4 Å². The molecule has 96 valence electrons. The van der Waals surface area contributed by atoms with Gasteiger partial charge in [-0.25, -0.2) is 0 Å². The van der Waals surface area contributed by atoms with Gasteiger partial charge in [-0.2, -0.15) is 0 Å². The largest absolute Gasteiger partial charge is 0.396 e. The van der Waals surface area contributed by atoms with E-state index in [-0.39, 0.29) is 24.8 Å². The van der Waals surface area contributed by atoms with E-state index in [4.69, 9.17) is 10.2 Å². The van der Waals surface area contributed by atoms with E-state index in [2.05, 4.69) is 0 Å². The number of unbranched alkanes of at least 4 members (excludes halogenated alkanes) is 2. The summed E-state index contributed by atoms with van der Waals surface area (Å²) >= 11 is 0. The van der Waals surface area contributed by atoms with Crippen LogP contribution in [-0.2, 0) is 9.59 Å². The van der Waals surface area contributed by atoms with E-state index >= 15 is 0 Å². The Balaban J connectivity index is 0. The number of aliphatic hydroxyl groups excluding tert-OH is 2. The summed E-state index contributed by atoms with van der Waals surface area (Å²) in [5.41, 5.74) is 0. The smallest absolute Gasteiger partial charge is 0.129 e. The molecule has 0 aliphatic heterocycles. The van der Waals surface area contributed by atoms with Gasteiger partial charge < -0.3 is 19.8 Å². The van der Waals surface area contributed by atoms with Crippen molar-refractivity contribution in [3.05, 3.63) is 0 Å². The molecular weight excluding hydrogens is 208 g/mol. The Bertz CT molecular complexity index is 160. The molecule has 16 heavy (non-hydrogen) atoms. The molecule has 0 fully saturated rings. The molecule has 0 spiro atoms. The first kappa shape index (κ1) is 17.6. The first-order chi connectivity index (χ1) is 7.54. The van der Waals surface area contributed by atoms with E-state index in [0.29, 0.717) is 19.3 Å². The highest BCUT2D eigenvalue weighted by Crippen LogP contribution is 2.03. The zero-order valence-corrected chi connectivity index (χ0v) is 10.4. The van der Waals surface area contributed by atoms with Crippen molar-refractivity contribution in [2.24, 2.45) is 0 Å². The van der Waals surface area contributed by atoms with Crippen molar-refractivity contribution in [1.29, 1.82) is 0 Å². The molecular formula is C12H24O4. The van der Waals surface area contributed by atoms with Crippen LogP contribution in [0.3, 0.4) is 0 Å². The quantitative estimate of drug-likeness (QED) is 0.621. The standard InChI is InChI=1S/C9H16O2.C3H8O2/c1-8(10)6-4-3-5-7-9(2)11;4-2-1-3-5/h3-7H2,1-2H3;4-5H,1-3H2. The van der Waals surface area contributed by atoms with Crippen LogP contribution in [-0.4, -0.2) is 35.0 Å². The zero-order chi connectivity index (χ0) is 12.8. The van der Waals surface area contributed by atoms with Gasteiger partial charge in [-0.3, -0.25) is 0 Å². The van der Waals surface area contributed by atoms with E-state index in [1.54, 1.807) is 13.8 Å². The second-order valence-corrected chi connectivity index (χ2v) is 3.77. The molecule has 0 aromatic heterocycles. The van der Waals surface area contributed by atoms with Gasteiger partial charge >= 0.3 is 0 Å². The lowest BCUT2D eigenvalue weighted by molar-refractivity contribution is -0.117. The Morgan fingerprint density at radius 3 is 1.31 bits per heavy atom. The van der Waals surface area contributed by atoms with Gasteiger partial charge in [-0.05, 0) is 33.1 Å². The Kier molecular flexibility index (Phi) is 15.7. The van der Waals surface area contributed by atoms with Crippen LogP contribution in [0.5, 0.6) is 0 Å². The number of hydrogen-bond acceptors (Lipinski definition) is 4. The van der Waals surface area contributed by atoms with Crippen molar-refractivity contribution in [2.45, 2.75) is 52.4 Å². The van der Waals surface area contributed by atoms with Gasteiger partial charge in [-0.1, -0.05) is 6.42 Å². The van der Waals surface area contributed by atoms with E-state index in [1.165, 1.54) is 0 Å². The summed E-state index contributed by atoms with van der Waals surface area (Å²) in [6, 6.07) is 0. The lowest BCUT2D eigenvalue weighted by atomic mass is 10.1. The van der Waals surface area contributed by atoms with Crippen molar-refractivity contribution in [1.82, 2.24) is 0 Å². The molecule has 0 bridgehead atoms. The molecule has 0 aromatic rings. The van der Waals surface area contributed by atoms with Crippen LogP contribution in [0, 0.1) is 0 Å². The molecule has 0 unspecified atom stereocenters. The highest BCUT2D eigenvalue weighted by molar-refractivity contribution is 5.75. The summed E-state index contributed by atoms with van der Waals surface area (Å²) in [4.78, 5) is 20.9. The van der Waals surface area contributed by atoms with E-state index in [1.807, 2.05) is 0 Å². The minimum atomic E-state index is 0.0938. The fraction of sp³-hybridized carbons (Fsp3) is 0.833. The zero-order valence-electron chi connectivity index (χ0n) is 10.4. The number of rotatable bonds is 8. The van der Waals surface area contributed by atoms with Crippen molar-refractivity contribution in [3.8, 4) is 0 Å². The summed E-state index contributed by atoms with van der Waals surface area (Å²) in [5.74, 6) is 0.487. The Hall–Kier alpha value is -0.740. The van der Waals surface area contributed by atoms with Gasteiger partial charge in [0.05, 0.1) is 0 Å². The fourth-order valence-corrected chi connectivity index (χ4v) is 0.995. The number of aliphatic hydroxyl groups is 2. The number of hydrogen-bond donors (Lipinski definition) is 2. The second kappa shape index (κ2) is 14.3. The fourth-order valence-electron chi connectivity index (χ4n) is 0.995. The van der Waals surface area contributed by atoms with E-state index in [9.17, 15) is 9.59 Å². The summed E-state index contributed by atoms with van der Waals surface area (Å²) in [6.07, 6.45) is 4.69. The highest BCUT2D eigenvalue weighted by Gasteiger charge is 1.95. The SMILES string of the molecule is CC(=O)CCCCCC(C)=O.OCCCO. The van der Waals surface area contributed by atoms with Crippen LogP contribution in [0.4, 0.5) is 0 Å². The van der Waals surface area contributed by atoms with E-state index in [0.717, 1.165) is 19.3 Å². The minimum absolute atomic E-state index is 0.0938. The number of carbonyl (C=O) groups excluding carboxylic acids is 2. The Morgan fingerprint density at radius 1 is 0.750 bits per heavy atom. The van der Waals surface area contributed by atoms with Crippen molar-refractivity contribution in [2.75, 3.05) is 13.2 Å². The van der Waals surface area contributed by atoms with Crippen LogP contribution < -0.4 is 0 Å². The van der Waals surface area contributed by atoms with Crippen LogP contribution in [0.2, 0.25) is 0 Å². The Morgan fingerprint density at radius 2 is 1.12 bits per heavy atom. The van der Waals surface area contributed by atoms with Crippen molar-refractivity contribution < 1.29 is 19.8 Å². The predicted molar refractivity (Wildman–Crippen MR) is 63.2 cm³/mol. The molecule has 0 saturated heterocycles. The van der Waals surface area contributed by atoms with Crippen LogP contribution in [0.25, 0.3) is 0 Å². The molecule has 0 rings (SSSR count). The van der Waals surface area contributed by atoms with Gasteiger partial charge in [0.2, 0.25) is 0 Å². The highest BCUT2D eigenvalue weighted by atomic mass is 16.3. The first-order valence-electron chi connectivity index (χ1n) is 5.75. The molecule has 4 heteroatoms. The third-order valence-corrected chi connectivity index (χ3v) is 1.87. The number of ketones is 2. The Labute approximate surface area is 97.7 Å². The average Bonchev–Trinajstić information content (AvgIpc) is 2.18. The van der Waals surface area contributed by atoms with Crippen molar-refractivity contribution in [3.63, 3.8) is 0 Å². The third kappa shape index (κ3) is 23.2. The number of carbonyl (C=O) groups is 2. The monoisotopic (exact) mass is 232 g/mol. The molecule has 0 atom stereocenters. The van der Waals surface area contributed by atoms with Gasteiger partial charge in [0, 0.05) is 26.1 Å². The summed E-state index contributed by atoms with van der Waals surface area (Å²) in [7, 11) is 0. The summed E-state index contributed by atoms with van der Waals surface area (Å²) < 4.78 is 0. The topological polar surface area (TPSA) is 74.6 Å². The summed E-state index contributed by atoms with van der Waals surface area (Å²) in [5, 5.41) is 15.8. The van der Waals surface area contributed by atoms with Gasteiger partial charge in [-0.15, -0.1) is 0 Å². The number of Topliss-reactive ketones (excluding diaryl/α,β-unsaturated/α-hetero) is 2. The molecule has 0 aliphatic carbocycles. The lowest BCUT2D eigenvalue weighted by Gasteiger charge is -1.95. The molecule has 0 amide bonds.